The van der Waals surface area contributed by atoms with Gasteiger partial charge in [-0.15, -0.1) is 0 Å². The van der Waals surface area contributed by atoms with Crippen LogP contribution in [-0.4, -0.2) is 25.8 Å². The molecule has 0 heterocycles. The third-order valence-corrected chi connectivity index (χ3v) is 5.75. The SMILES string of the molecule is CCCCN(CCCC)S(=O)(=O)c1ccc(CN)cc1Cl. The van der Waals surface area contributed by atoms with Crippen molar-refractivity contribution < 1.29 is 8.42 Å². The van der Waals surface area contributed by atoms with E-state index < -0.39 is 10.0 Å². The van der Waals surface area contributed by atoms with Gasteiger partial charge in [-0.05, 0) is 30.5 Å². The fourth-order valence-corrected chi connectivity index (χ4v) is 4.10. The number of nitrogens with zero attached hydrogens (tertiary/aromatic N) is 1. The van der Waals surface area contributed by atoms with E-state index in [0.29, 0.717) is 19.6 Å². The van der Waals surface area contributed by atoms with Crippen molar-refractivity contribution in [2.75, 3.05) is 13.1 Å². The van der Waals surface area contributed by atoms with Crippen LogP contribution in [0, 0.1) is 0 Å². The van der Waals surface area contributed by atoms with Gasteiger partial charge in [-0.1, -0.05) is 44.4 Å². The first-order valence-corrected chi connectivity index (χ1v) is 9.27. The van der Waals surface area contributed by atoms with Crippen LogP contribution in [0.4, 0.5) is 0 Å². The van der Waals surface area contributed by atoms with Gasteiger partial charge in [0.1, 0.15) is 4.90 Å². The molecule has 1 rings (SSSR count). The minimum atomic E-state index is -3.54. The van der Waals surface area contributed by atoms with Crippen molar-refractivity contribution in [3.8, 4) is 0 Å². The molecule has 0 radical (unpaired) electrons. The number of rotatable bonds is 9. The molecule has 0 fully saturated rings. The summed E-state index contributed by atoms with van der Waals surface area (Å²) >= 11 is 6.14. The summed E-state index contributed by atoms with van der Waals surface area (Å²) in [4.78, 5) is 0.175. The maximum atomic E-state index is 12.8. The van der Waals surface area contributed by atoms with E-state index >= 15 is 0 Å². The second-order valence-corrected chi connectivity index (χ2v) is 7.39. The van der Waals surface area contributed by atoms with Gasteiger partial charge in [-0.2, -0.15) is 4.31 Å². The molecule has 0 amide bonds. The van der Waals surface area contributed by atoms with E-state index in [1.807, 2.05) is 13.8 Å². The molecule has 1 aromatic carbocycles. The summed E-state index contributed by atoms with van der Waals surface area (Å²) in [5, 5.41) is 0.246. The van der Waals surface area contributed by atoms with Gasteiger partial charge in [0.2, 0.25) is 10.0 Å². The molecule has 0 spiro atoms. The van der Waals surface area contributed by atoms with E-state index in [1.165, 1.54) is 0 Å². The third-order valence-electron chi connectivity index (χ3n) is 3.37. The van der Waals surface area contributed by atoms with Gasteiger partial charge in [0, 0.05) is 19.6 Å². The Morgan fingerprint density at radius 2 is 1.71 bits per heavy atom. The zero-order valence-electron chi connectivity index (χ0n) is 12.8. The normalized spacial score (nSPS) is 12.0. The van der Waals surface area contributed by atoms with E-state index in [2.05, 4.69) is 0 Å². The summed E-state index contributed by atoms with van der Waals surface area (Å²) in [5.74, 6) is 0. The van der Waals surface area contributed by atoms with E-state index in [-0.39, 0.29) is 9.92 Å². The Labute approximate surface area is 133 Å². The average molecular weight is 333 g/mol. The Kier molecular flexibility index (Phi) is 7.66. The molecule has 120 valence electrons. The van der Waals surface area contributed by atoms with Crippen molar-refractivity contribution >= 4 is 21.6 Å². The molecule has 0 aliphatic rings. The van der Waals surface area contributed by atoms with Crippen molar-refractivity contribution in [1.82, 2.24) is 4.31 Å². The van der Waals surface area contributed by atoms with Crippen LogP contribution < -0.4 is 5.73 Å². The topological polar surface area (TPSA) is 63.4 Å². The zero-order chi connectivity index (χ0) is 15.9. The molecule has 4 nitrogen and oxygen atoms in total. The molecule has 0 aliphatic carbocycles. The van der Waals surface area contributed by atoms with Gasteiger partial charge in [0.15, 0.2) is 0 Å². The Morgan fingerprint density at radius 1 is 1.14 bits per heavy atom. The first kappa shape index (κ1) is 18.4. The Balaban J connectivity index is 3.08. The van der Waals surface area contributed by atoms with Gasteiger partial charge in [0.05, 0.1) is 5.02 Å². The molecule has 0 bridgehead atoms. The number of hydrogen-bond donors (Lipinski definition) is 1. The lowest BCUT2D eigenvalue weighted by molar-refractivity contribution is 0.395. The van der Waals surface area contributed by atoms with Crippen molar-refractivity contribution in [2.45, 2.75) is 51.0 Å². The van der Waals surface area contributed by atoms with Gasteiger partial charge in [-0.3, -0.25) is 0 Å². The van der Waals surface area contributed by atoms with Crippen LogP contribution in [-0.2, 0) is 16.6 Å². The van der Waals surface area contributed by atoms with Crippen LogP contribution in [0.2, 0.25) is 5.02 Å². The van der Waals surface area contributed by atoms with E-state index in [1.54, 1.807) is 22.5 Å². The smallest absolute Gasteiger partial charge is 0.244 e. The van der Waals surface area contributed by atoms with Crippen molar-refractivity contribution in [1.29, 1.82) is 0 Å². The monoisotopic (exact) mass is 332 g/mol. The molecular formula is C15H25ClN2O2S. The second kappa shape index (κ2) is 8.73. The molecule has 0 aromatic heterocycles. The van der Waals surface area contributed by atoms with Crippen molar-refractivity contribution in [3.63, 3.8) is 0 Å². The summed E-state index contributed by atoms with van der Waals surface area (Å²) in [5.41, 5.74) is 6.38. The Bertz CT molecular complexity index is 539. The number of halogens is 1. The predicted octanol–water partition coefficient (Wildman–Crippen LogP) is 3.39. The van der Waals surface area contributed by atoms with E-state index in [0.717, 1.165) is 31.2 Å². The van der Waals surface area contributed by atoms with Crippen molar-refractivity contribution in [3.05, 3.63) is 28.8 Å². The molecule has 6 heteroatoms. The van der Waals surface area contributed by atoms with Crippen LogP contribution in [0.3, 0.4) is 0 Å². The number of sulfonamides is 1. The Morgan fingerprint density at radius 3 is 2.14 bits per heavy atom. The largest absolute Gasteiger partial charge is 0.326 e. The first-order valence-electron chi connectivity index (χ1n) is 7.46. The molecule has 2 N–H and O–H groups in total. The number of unbranched alkanes of at least 4 members (excludes halogenated alkanes) is 2. The van der Waals surface area contributed by atoms with Crippen molar-refractivity contribution in [2.24, 2.45) is 5.73 Å². The summed E-state index contributed by atoms with van der Waals surface area (Å²) in [6, 6.07) is 4.91. The lowest BCUT2D eigenvalue weighted by Crippen LogP contribution is -2.33. The standard InChI is InChI=1S/C15H25ClN2O2S/c1-3-5-9-18(10-6-4-2)21(19,20)15-8-7-13(12-17)11-14(15)16/h7-8,11H,3-6,9-10,12,17H2,1-2H3. The fraction of sp³-hybridized carbons (Fsp3) is 0.600. The van der Waals surface area contributed by atoms with Crippen LogP contribution in [0.25, 0.3) is 0 Å². The summed E-state index contributed by atoms with van der Waals surface area (Å²) in [6.07, 6.45) is 3.61. The van der Waals surface area contributed by atoms with Crippen LogP contribution >= 0.6 is 11.6 Å². The van der Waals surface area contributed by atoms with Gasteiger partial charge < -0.3 is 5.73 Å². The molecule has 1 aromatic rings. The molecule has 0 atom stereocenters. The predicted molar refractivity (Wildman–Crippen MR) is 87.9 cm³/mol. The highest BCUT2D eigenvalue weighted by Gasteiger charge is 2.25. The van der Waals surface area contributed by atoms with Gasteiger partial charge in [0.25, 0.3) is 0 Å². The number of benzene rings is 1. The fourth-order valence-electron chi connectivity index (χ4n) is 2.04. The first-order chi connectivity index (χ1) is 9.97. The van der Waals surface area contributed by atoms with Crippen LogP contribution in [0.5, 0.6) is 0 Å². The molecule has 21 heavy (non-hydrogen) atoms. The van der Waals surface area contributed by atoms with Gasteiger partial charge >= 0.3 is 0 Å². The zero-order valence-corrected chi connectivity index (χ0v) is 14.4. The van der Waals surface area contributed by atoms with E-state index in [9.17, 15) is 8.42 Å². The molecule has 0 unspecified atom stereocenters. The third kappa shape index (κ3) is 4.95. The minimum absolute atomic E-state index is 0.175. The molecular weight excluding hydrogens is 308 g/mol. The number of hydrogen-bond acceptors (Lipinski definition) is 3. The second-order valence-electron chi connectivity index (χ2n) is 5.08. The van der Waals surface area contributed by atoms with Gasteiger partial charge in [-0.25, -0.2) is 8.42 Å². The minimum Gasteiger partial charge on any atom is -0.326 e. The van der Waals surface area contributed by atoms with E-state index in [4.69, 9.17) is 17.3 Å². The summed E-state index contributed by atoms with van der Waals surface area (Å²) < 4.78 is 27.1. The lowest BCUT2D eigenvalue weighted by atomic mass is 10.2. The molecule has 0 saturated carbocycles. The molecule has 0 aliphatic heterocycles. The Hall–Kier alpha value is -0.620. The highest BCUT2D eigenvalue weighted by atomic mass is 35.5. The molecule has 0 saturated heterocycles. The number of nitrogens with two attached hydrogens (primary N) is 1. The maximum absolute atomic E-state index is 12.8. The van der Waals surface area contributed by atoms with Crippen LogP contribution in [0.15, 0.2) is 23.1 Å². The summed E-state index contributed by atoms with van der Waals surface area (Å²) in [7, 11) is -3.54. The van der Waals surface area contributed by atoms with Crippen LogP contribution in [0.1, 0.15) is 45.1 Å². The maximum Gasteiger partial charge on any atom is 0.244 e. The highest BCUT2D eigenvalue weighted by molar-refractivity contribution is 7.89. The highest BCUT2D eigenvalue weighted by Crippen LogP contribution is 2.26. The summed E-state index contributed by atoms with van der Waals surface area (Å²) in [6.45, 7) is 5.51. The lowest BCUT2D eigenvalue weighted by Gasteiger charge is -2.22. The quantitative estimate of drug-likeness (QED) is 0.754. The average Bonchev–Trinajstić information content (AvgIpc) is 2.46.